The fraction of sp³-hybridized carbons (Fsp3) is 0.231. The molecule has 0 aliphatic heterocycles. The number of aromatic hydroxyl groups is 1. The zero-order valence-corrected chi connectivity index (χ0v) is 11.4. The highest BCUT2D eigenvalue weighted by Crippen LogP contribution is 2.22. The van der Waals surface area contributed by atoms with Crippen LogP contribution in [0.15, 0.2) is 44.1 Å². The number of nitrogens with zero attached hydrogens (tertiary/aromatic N) is 4. The Bertz CT molecular complexity index is 785. The van der Waals surface area contributed by atoms with Gasteiger partial charge in [-0.2, -0.15) is 5.11 Å². The van der Waals surface area contributed by atoms with Crippen molar-refractivity contribution in [2.75, 3.05) is 0 Å². The van der Waals surface area contributed by atoms with Gasteiger partial charge in [-0.25, -0.2) is 4.79 Å². The topological polar surface area (TPSA) is 88.9 Å². The van der Waals surface area contributed by atoms with Crippen LogP contribution in [0, 0.1) is 6.92 Å². The standard InChI is InChI=1S/C13H14N4O3/c1-8-4-6-9(7-5-8)14-15-10-11(18)16(2)13(20)17(3)12(10)19/h4-7,18H,1-3H3. The summed E-state index contributed by atoms with van der Waals surface area (Å²) >= 11 is 0. The molecule has 1 aromatic carbocycles. The largest absolute Gasteiger partial charge is 0.493 e. The predicted molar refractivity (Wildman–Crippen MR) is 73.9 cm³/mol. The summed E-state index contributed by atoms with van der Waals surface area (Å²) in [6.45, 7) is 1.94. The van der Waals surface area contributed by atoms with E-state index in [-0.39, 0.29) is 5.69 Å². The Labute approximate surface area is 114 Å². The molecule has 7 nitrogen and oxygen atoms in total. The van der Waals surface area contributed by atoms with Crippen molar-refractivity contribution in [1.29, 1.82) is 0 Å². The highest BCUT2D eigenvalue weighted by molar-refractivity contribution is 5.45. The van der Waals surface area contributed by atoms with Crippen LogP contribution in [-0.2, 0) is 14.1 Å². The van der Waals surface area contributed by atoms with Crippen LogP contribution in [0.4, 0.5) is 11.4 Å². The molecule has 0 spiro atoms. The summed E-state index contributed by atoms with van der Waals surface area (Å²) in [6, 6.07) is 7.19. The maximum atomic E-state index is 11.9. The number of aryl methyl sites for hydroxylation is 1. The molecule has 0 saturated carbocycles. The summed E-state index contributed by atoms with van der Waals surface area (Å²) in [4.78, 5) is 23.4. The quantitative estimate of drug-likeness (QED) is 0.842. The van der Waals surface area contributed by atoms with Gasteiger partial charge in [0.1, 0.15) is 0 Å². The number of benzene rings is 1. The molecular weight excluding hydrogens is 260 g/mol. The Morgan fingerprint density at radius 2 is 1.60 bits per heavy atom. The van der Waals surface area contributed by atoms with E-state index in [2.05, 4.69) is 10.2 Å². The molecule has 1 N–H and O–H groups in total. The summed E-state index contributed by atoms with van der Waals surface area (Å²) in [6.07, 6.45) is 0. The van der Waals surface area contributed by atoms with Crippen molar-refractivity contribution >= 4 is 11.4 Å². The van der Waals surface area contributed by atoms with Crippen molar-refractivity contribution in [2.45, 2.75) is 6.92 Å². The molecule has 1 heterocycles. The molecule has 0 amide bonds. The first-order valence-corrected chi connectivity index (χ1v) is 5.89. The van der Waals surface area contributed by atoms with E-state index in [9.17, 15) is 14.7 Å². The van der Waals surface area contributed by atoms with Crippen molar-refractivity contribution in [3.8, 4) is 5.88 Å². The van der Waals surface area contributed by atoms with Gasteiger partial charge in [-0.15, -0.1) is 5.11 Å². The van der Waals surface area contributed by atoms with E-state index in [1.165, 1.54) is 14.1 Å². The highest BCUT2D eigenvalue weighted by Gasteiger charge is 2.14. The SMILES string of the molecule is Cc1ccc(N=Nc2c(O)n(C)c(=O)n(C)c2=O)cc1. The molecule has 0 atom stereocenters. The summed E-state index contributed by atoms with van der Waals surface area (Å²) in [5, 5.41) is 17.4. The van der Waals surface area contributed by atoms with Gasteiger partial charge in [-0.3, -0.25) is 13.9 Å². The first-order valence-electron chi connectivity index (χ1n) is 5.89. The fourth-order valence-corrected chi connectivity index (χ4v) is 1.62. The second-order valence-electron chi connectivity index (χ2n) is 4.41. The molecule has 0 fully saturated rings. The van der Waals surface area contributed by atoms with E-state index in [0.717, 1.165) is 14.7 Å². The van der Waals surface area contributed by atoms with Gasteiger partial charge in [0.25, 0.3) is 5.56 Å². The normalized spacial score (nSPS) is 11.2. The number of hydrogen-bond donors (Lipinski definition) is 1. The Balaban J connectivity index is 2.52. The average Bonchev–Trinajstić information content (AvgIpc) is 2.45. The Morgan fingerprint density at radius 1 is 1.00 bits per heavy atom. The molecule has 0 radical (unpaired) electrons. The number of rotatable bonds is 2. The molecule has 0 aliphatic rings. The van der Waals surface area contributed by atoms with Crippen LogP contribution in [0.2, 0.25) is 0 Å². The Kier molecular flexibility index (Phi) is 3.51. The van der Waals surface area contributed by atoms with Crippen molar-refractivity contribution in [1.82, 2.24) is 9.13 Å². The molecular formula is C13H14N4O3. The molecule has 2 rings (SSSR count). The summed E-state index contributed by atoms with van der Waals surface area (Å²) in [5.41, 5.74) is 0.0362. The van der Waals surface area contributed by atoms with Crippen LogP contribution < -0.4 is 11.2 Å². The van der Waals surface area contributed by atoms with Crippen molar-refractivity contribution < 1.29 is 5.11 Å². The minimum absolute atomic E-state index is 0.268. The molecule has 2 aromatic rings. The predicted octanol–water partition coefficient (Wildman–Crippen LogP) is 1.51. The second-order valence-corrected chi connectivity index (χ2v) is 4.41. The molecule has 0 aliphatic carbocycles. The lowest BCUT2D eigenvalue weighted by molar-refractivity contribution is 0.413. The van der Waals surface area contributed by atoms with E-state index in [4.69, 9.17) is 0 Å². The zero-order chi connectivity index (χ0) is 14.9. The van der Waals surface area contributed by atoms with Gasteiger partial charge < -0.3 is 5.11 Å². The Hall–Kier alpha value is -2.70. The van der Waals surface area contributed by atoms with Crippen LogP contribution in [0.5, 0.6) is 5.88 Å². The lowest BCUT2D eigenvalue weighted by Gasteiger charge is -2.06. The molecule has 0 saturated heterocycles. The lowest BCUT2D eigenvalue weighted by atomic mass is 10.2. The van der Waals surface area contributed by atoms with Crippen molar-refractivity contribution in [2.24, 2.45) is 24.3 Å². The fourth-order valence-electron chi connectivity index (χ4n) is 1.62. The lowest BCUT2D eigenvalue weighted by Crippen LogP contribution is -2.36. The molecule has 20 heavy (non-hydrogen) atoms. The van der Waals surface area contributed by atoms with Crippen LogP contribution in [0.25, 0.3) is 0 Å². The molecule has 1 aromatic heterocycles. The van der Waals surface area contributed by atoms with Gasteiger partial charge in [0.2, 0.25) is 11.6 Å². The maximum absolute atomic E-state index is 11.9. The molecule has 0 bridgehead atoms. The van der Waals surface area contributed by atoms with Gasteiger partial charge in [-0.05, 0) is 19.1 Å². The molecule has 0 unspecified atom stereocenters. The van der Waals surface area contributed by atoms with E-state index in [0.29, 0.717) is 5.69 Å². The minimum Gasteiger partial charge on any atom is -0.493 e. The van der Waals surface area contributed by atoms with Crippen molar-refractivity contribution in [3.05, 3.63) is 50.7 Å². The van der Waals surface area contributed by atoms with Gasteiger partial charge in [0, 0.05) is 14.1 Å². The number of azo groups is 1. The summed E-state index contributed by atoms with van der Waals surface area (Å²) < 4.78 is 1.80. The monoisotopic (exact) mass is 274 g/mol. The third-order valence-corrected chi connectivity index (χ3v) is 2.91. The third-order valence-electron chi connectivity index (χ3n) is 2.91. The minimum atomic E-state index is -0.693. The number of hydrogen-bond acceptors (Lipinski definition) is 5. The third kappa shape index (κ3) is 2.37. The first-order chi connectivity index (χ1) is 9.41. The van der Waals surface area contributed by atoms with Gasteiger partial charge >= 0.3 is 5.69 Å². The number of aromatic nitrogens is 2. The summed E-state index contributed by atoms with van der Waals surface area (Å²) in [5.74, 6) is -0.506. The smallest absolute Gasteiger partial charge is 0.333 e. The van der Waals surface area contributed by atoms with Gasteiger partial charge in [0.05, 0.1) is 5.69 Å². The highest BCUT2D eigenvalue weighted by atomic mass is 16.3. The maximum Gasteiger partial charge on any atom is 0.333 e. The van der Waals surface area contributed by atoms with Crippen LogP contribution >= 0.6 is 0 Å². The van der Waals surface area contributed by atoms with Crippen LogP contribution in [0.3, 0.4) is 0 Å². The average molecular weight is 274 g/mol. The van der Waals surface area contributed by atoms with Gasteiger partial charge in [-0.1, -0.05) is 17.7 Å². The summed E-state index contributed by atoms with van der Waals surface area (Å²) in [7, 11) is 2.66. The van der Waals surface area contributed by atoms with Crippen LogP contribution in [-0.4, -0.2) is 14.2 Å². The van der Waals surface area contributed by atoms with E-state index in [1.54, 1.807) is 12.1 Å². The van der Waals surface area contributed by atoms with E-state index >= 15 is 0 Å². The van der Waals surface area contributed by atoms with E-state index in [1.807, 2.05) is 19.1 Å². The van der Waals surface area contributed by atoms with Crippen LogP contribution in [0.1, 0.15) is 5.56 Å². The molecule has 104 valence electrons. The molecule has 7 heteroatoms. The second kappa shape index (κ2) is 5.12. The first kappa shape index (κ1) is 13.7. The van der Waals surface area contributed by atoms with E-state index < -0.39 is 17.1 Å². The van der Waals surface area contributed by atoms with Gasteiger partial charge in [0.15, 0.2) is 0 Å². The Morgan fingerprint density at radius 3 is 2.20 bits per heavy atom. The van der Waals surface area contributed by atoms with Crippen molar-refractivity contribution in [3.63, 3.8) is 0 Å². The zero-order valence-electron chi connectivity index (χ0n) is 11.4.